The van der Waals surface area contributed by atoms with Crippen LogP contribution >= 0.6 is 0 Å². The van der Waals surface area contributed by atoms with Crippen LogP contribution in [0.5, 0.6) is 0 Å². The minimum Gasteiger partial charge on any atom is -0.368 e. The summed E-state index contributed by atoms with van der Waals surface area (Å²) < 4.78 is 0. The number of primary amides is 1. The molecule has 0 saturated heterocycles. The summed E-state index contributed by atoms with van der Waals surface area (Å²) in [6, 6.07) is -0.145. The minimum absolute atomic E-state index is 0.130. The van der Waals surface area contributed by atoms with Crippen molar-refractivity contribution in [3.63, 3.8) is 0 Å². The highest BCUT2D eigenvalue weighted by Gasteiger charge is 2.20. The minimum atomic E-state index is -0.315. The Morgan fingerprint density at radius 3 is 2.17 bits per heavy atom. The Morgan fingerprint density at radius 2 is 1.92 bits per heavy atom. The molecule has 0 aliphatic heterocycles. The van der Waals surface area contributed by atoms with E-state index in [4.69, 9.17) is 11.5 Å². The third kappa shape index (κ3) is 3.69. The van der Waals surface area contributed by atoms with E-state index in [2.05, 4.69) is 5.32 Å². The van der Waals surface area contributed by atoms with E-state index in [0.29, 0.717) is 6.54 Å². The topological polar surface area (TPSA) is 81.1 Å². The molecule has 4 heteroatoms. The first-order chi connectivity index (χ1) is 5.49. The summed E-state index contributed by atoms with van der Waals surface area (Å²) in [5.74, 6) is -0.109. The highest BCUT2D eigenvalue weighted by Crippen LogP contribution is 2.01. The summed E-state index contributed by atoms with van der Waals surface area (Å²) >= 11 is 0. The second-order valence-corrected chi connectivity index (χ2v) is 3.43. The molecule has 1 amide bonds. The van der Waals surface area contributed by atoms with Crippen molar-refractivity contribution in [3.8, 4) is 0 Å². The Hall–Kier alpha value is -0.610. The first kappa shape index (κ1) is 11.4. The van der Waals surface area contributed by atoms with E-state index in [1.165, 1.54) is 0 Å². The molecular weight excluding hydrogens is 154 g/mol. The quantitative estimate of drug-likeness (QED) is 0.521. The van der Waals surface area contributed by atoms with Crippen LogP contribution in [0, 0.1) is 5.92 Å². The Morgan fingerprint density at radius 1 is 1.42 bits per heavy atom. The second kappa shape index (κ2) is 5.11. The fourth-order valence-corrected chi connectivity index (χ4v) is 0.978. The largest absolute Gasteiger partial charge is 0.368 e. The van der Waals surface area contributed by atoms with Gasteiger partial charge in [-0.3, -0.25) is 4.79 Å². The molecule has 2 atom stereocenters. The molecule has 12 heavy (non-hydrogen) atoms. The van der Waals surface area contributed by atoms with Crippen molar-refractivity contribution in [1.29, 1.82) is 0 Å². The average molecular weight is 173 g/mol. The van der Waals surface area contributed by atoms with Crippen molar-refractivity contribution in [2.45, 2.75) is 32.9 Å². The molecule has 0 fully saturated rings. The third-order valence-electron chi connectivity index (χ3n) is 1.79. The first-order valence-electron chi connectivity index (χ1n) is 4.24. The van der Waals surface area contributed by atoms with Crippen molar-refractivity contribution in [3.05, 3.63) is 0 Å². The number of carbonyl (C=O) groups excluding carboxylic acids is 1. The highest BCUT2D eigenvalue weighted by atomic mass is 16.1. The molecule has 0 rings (SSSR count). The van der Waals surface area contributed by atoms with Crippen LogP contribution in [0.1, 0.15) is 20.8 Å². The van der Waals surface area contributed by atoms with E-state index in [1.807, 2.05) is 20.8 Å². The summed E-state index contributed by atoms with van der Waals surface area (Å²) in [6.07, 6.45) is 0. The molecule has 5 N–H and O–H groups in total. The van der Waals surface area contributed by atoms with Gasteiger partial charge in [-0.2, -0.15) is 0 Å². The van der Waals surface area contributed by atoms with Gasteiger partial charge in [0.2, 0.25) is 5.91 Å². The standard InChI is InChI=1S/C8H19N3O/c1-5(2)7(8(10)12)11-6(3)4-9/h5-7,11H,4,9H2,1-3H3,(H2,10,12). The van der Waals surface area contributed by atoms with Crippen LogP contribution in [0.15, 0.2) is 0 Å². The van der Waals surface area contributed by atoms with Gasteiger partial charge in [0.1, 0.15) is 0 Å². The van der Waals surface area contributed by atoms with Gasteiger partial charge in [0.05, 0.1) is 6.04 Å². The Bertz CT molecular complexity index is 147. The Labute approximate surface area is 73.7 Å². The zero-order valence-corrected chi connectivity index (χ0v) is 8.00. The lowest BCUT2D eigenvalue weighted by Crippen LogP contribution is -2.50. The van der Waals surface area contributed by atoms with Crippen molar-refractivity contribution in [2.24, 2.45) is 17.4 Å². The lowest BCUT2D eigenvalue weighted by Gasteiger charge is -2.22. The number of rotatable bonds is 5. The summed E-state index contributed by atoms with van der Waals surface area (Å²) in [6.45, 7) is 6.34. The molecule has 0 heterocycles. The molecule has 2 unspecified atom stereocenters. The number of hydrogen-bond donors (Lipinski definition) is 3. The van der Waals surface area contributed by atoms with Crippen molar-refractivity contribution >= 4 is 5.91 Å². The molecule has 0 saturated carbocycles. The molecule has 0 aromatic carbocycles. The number of nitrogens with two attached hydrogens (primary N) is 2. The van der Waals surface area contributed by atoms with Crippen LogP contribution in [0.2, 0.25) is 0 Å². The monoisotopic (exact) mass is 173 g/mol. The van der Waals surface area contributed by atoms with Gasteiger partial charge >= 0.3 is 0 Å². The predicted molar refractivity (Wildman–Crippen MR) is 49.5 cm³/mol. The summed E-state index contributed by atoms with van der Waals surface area (Å²) in [4.78, 5) is 10.9. The van der Waals surface area contributed by atoms with E-state index in [-0.39, 0.29) is 23.9 Å². The van der Waals surface area contributed by atoms with Gasteiger partial charge < -0.3 is 16.8 Å². The fraction of sp³-hybridized carbons (Fsp3) is 0.875. The summed E-state index contributed by atoms with van der Waals surface area (Å²) in [7, 11) is 0. The number of amides is 1. The number of hydrogen-bond acceptors (Lipinski definition) is 3. The first-order valence-corrected chi connectivity index (χ1v) is 4.24. The molecular formula is C8H19N3O. The average Bonchev–Trinajstić information content (AvgIpc) is 1.98. The third-order valence-corrected chi connectivity index (χ3v) is 1.79. The number of nitrogens with one attached hydrogen (secondary N) is 1. The molecule has 4 nitrogen and oxygen atoms in total. The van der Waals surface area contributed by atoms with E-state index in [9.17, 15) is 4.79 Å². The van der Waals surface area contributed by atoms with Crippen LogP contribution in [0.25, 0.3) is 0 Å². The van der Waals surface area contributed by atoms with Crippen LogP contribution in [0.4, 0.5) is 0 Å². The van der Waals surface area contributed by atoms with Gasteiger partial charge in [-0.05, 0) is 12.8 Å². The van der Waals surface area contributed by atoms with Gasteiger partial charge in [-0.15, -0.1) is 0 Å². The van der Waals surface area contributed by atoms with E-state index >= 15 is 0 Å². The van der Waals surface area contributed by atoms with E-state index in [1.54, 1.807) is 0 Å². The maximum atomic E-state index is 10.9. The summed E-state index contributed by atoms with van der Waals surface area (Å²) in [5.41, 5.74) is 10.6. The zero-order valence-electron chi connectivity index (χ0n) is 8.00. The SMILES string of the molecule is CC(CN)NC(C(N)=O)C(C)C. The van der Waals surface area contributed by atoms with Crippen molar-refractivity contribution in [1.82, 2.24) is 5.32 Å². The highest BCUT2D eigenvalue weighted by molar-refractivity contribution is 5.80. The van der Waals surface area contributed by atoms with Crippen LogP contribution < -0.4 is 16.8 Å². The number of carbonyl (C=O) groups is 1. The molecule has 0 aromatic rings. The van der Waals surface area contributed by atoms with Gasteiger partial charge in [0, 0.05) is 12.6 Å². The van der Waals surface area contributed by atoms with Crippen LogP contribution in [0.3, 0.4) is 0 Å². The molecule has 0 spiro atoms. The lowest BCUT2D eigenvalue weighted by atomic mass is 10.0. The van der Waals surface area contributed by atoms with Crippen molar-refractivity contribution in [2.75, 3.05) is 6.54 Å². The maximum Gasteiger partial charge on any atom is 0.234 e. The Kier molecular flexibility index (Phi) is 4.85. The normalized spacial score (nSPS) is 16.1. The van der Waals surface area contributed by atoms with Gasteiger partial charge in [0.25, 0.3) is 0 Å². The second-order valence-electron chi connectivity index (χ2n) is 3.43. The molecule has 72 valence electrons. The lowest BCUT2D eigenvalue weighted by molar-refractivity contribution is -0.121. The molecule has 0 aliphatic rings. The van der Waals surface area contributed by atoms with Gasteiger partial charge in [0.15, 0.2) is 0 Å². The van der Waals surface area contributed by atoms with Gasteiger partial charge in [-0.1, -0.05) is 13.8 Å². The van der Waals surface area contributed by atoms with Crippen molar-refractivity contribution < 1.29 is 4.79 Å². The van der Waals surface area contributed by atoms with E-state index in [0.717, 1.165) is 0 Å². The maximum absolute atomic E-state index is 10.9. The predicted octanol–water partition coefficient (Wildman–Crippen LogP) is -0.567. The zero-order chi connectivity index (χ0) is 9.72. The van der Waals surface area contributed by atoms with Gasteiger partial charge in [-0.25, -0.2) is 0 Å². The summed E-state index contributed by atoms with van der Waals surface area (Å²) in [5, 5.41) is 3.07. The smallest absolute Gasteiger partial charge is 0.234 e. The fourth-order valence-electron chi connectivity index (χ4n) is 0.978. The van der Waals surface area contributed by atoms with E-state index < -0.39 is 0 Å². The van der Waals surface area contributed by atoms with Crippen LogP contribution in [-0.2, 0) is 4.79 Å². The molecule has 0 bridgehead atoms. The molecule has 0 aliphatic carbocycles. The van der Waals surface area contributed by atoms with Crippen LogP contribution in [-0.4, -0.2) is 24.5 Å². The molecule has 0 radical (unpaired) electrons. The molecule has 0 aromatic heterocycles. The Balaban J connectivity index is 4.05.